The molecule has 2 amide bonds. The second-order valence-electron chi connectivity index (χ2n) is 5.06. The lowest BCUT2D eigenvalue weighted by Crippen LogP contribution is -2.52. The van der Waals surface area contributed by atoms with Crippen LogP contribution >= 0.6 is 0 Å². The van der Waals surface area contributed by atoms with Gasteiger partial charge in [0.2, 0.25) is 0 Å². The molecule has 7 heteroatoms. The number of hydrogen-bond acceptors (Lipinski definition) is 4. The molecule has 0 saturated carbocycles. The molecule has 2 aliphatic rings. The quantitative estimate of drug-likeness (QED) is 0.669. The molecule has 4 N–H and O–H groups in total. The van der Waals surface area contributed by atoms with Crippen LogP contribution in [0.2, 0.25) is 0 Å². The van der Waals surface area contributed by atoms with E-state index in [4.69, 9.17) is 10.8 Å². The molecule has 7 nitrogen and oxygen atoms in total. The SMILES string of the molecule is Nc1ccc(N2CCN3C(=O)NCC3C2)cc1C(=O)O. The van der Waals surface area contributed by atoms with E-state index in [1.807, 2.05) is 11.0 Å². The van der Waals surface area contributed by atoms with Crippen molar-refractivity contribution >= 4 is 23.4 Å². The average molecular weight is 276 g/mol. The smallest absolute Gasteiger partial charge is 0.337 e. The van der Waals surface area contributed by atoms with Gasteiger partial charge in [-0.1, -0.05) is 0 Å². The Hall–Kier alpha value is -2.44. The Kier molecular flexibility index (Phi) is 2.89. The van der Waals surface area contributed by atoms with Gasteiger partial charge in [0, 0.05) is 37.6 Å². The van der Waals surface area contributed by atoms with Gasteiger partial charge < -0.3 is 26.0 Å². The second-order valence-corrected chi connectivity index (χ2v) is 5.06. The van der Waals surface area contributed by atoms with Crippen molar-refractivity contribution in [3.05, 3.63) is 23.8 Å². The lowest BCUT2D eigenvalue weighted by atomic mass is 10.1. The molecule has 3 rings (SSSR count). The van der Waals surface area contributed by atoms with Crippen molar-refractivity contribution in [3.63, 3.8) is 0 Å². The van der Waals surface area contributed by atoms with Crippen LogP contribution in [0.3, 0.4) is 0 Å². The standard InChI is InChI=1S/C13H16N4O3/c14-11-2-1-8(5-10(11)12(18)19)16-3-4-17-9(7-16)6-15-13(17)20/h1-2,5,9H,3-4,6-7,14H2,(H,15,20)(H,18,19). The molecule has 0 spiro atoms. The highest BCUT2D eigenvalue weighted by molar-refractivity contribution is 5.94. The van der Waals surface area contributed by atoms with E-state index < -0.39 is 5.97 Å². The maximum atomic E-state index is 11.5. The fraction of sp³-hybridized carbons (Fsp3) is 0.385. The van der Waals surface area contributed by atoms with Gasteiger partial charge in [-0.25, -0.2) is 9.59 Å². The summed E-state index contributed by atoms with van der Waals surface area (Å²) in [7, 11) is 0. The Morgan fingerprint density at radius 1 is 1.40 bits per heavy atom. The summed E-state index contributed by atoms with van der Waals surface area (Å²) in [6.07, 6.45) is 0. The zero-order valence-corrected chi connectivity index (χ0v) is 10.9. The van der Waals surface area contributed by atoms with Gasteiger partial charge in [-0.2, -0.15) is 0 Å². The number of nitrogen functional groups attached to an aromatic ring is 1. The number of urea groups is 1. The third-order valence-corrected chi connectivity index (χ3v) is 3.86. The number of fused-ring (bicyclic) bond motifs is 1. The maximum Gasteiger partial charge on any atom is 0.337 e. The van der Waals surface area contributed by atoms with Crippen LogP contribution in [0.5, 0.6) is 0 Å². The third kappa shape index (κ3) is 2.01. The van der Waals surface area contributed by atoms with Gasteiger partial charge in [0.25, 0.3) is 0 Å². The topological polar surface area (TPSA) is 98.9 Å². The summed E-state index contributed by atoms with van der Waals surface area (Å²) < 4.78 is 0. The number of carbonyl (C=O) groups excluding carboxylic acids is 1. The van der Waals surface area contributed by atoms with Gasteiger partial charge in [-0.05, 0) is 18.2 Å². The summed E-state index contributed by atoms with van der Waals surface area (Å²) in [6.45, 7) is 2.66. The number of carboxylic acids is 1. The van der Waals surface area contributed by atoms with Gasteiger partial charge in [0.1, 0.15) is 0 Å². The molecular formula is C13H16N4O3. The van der Waals surface area contributed by atoms with E-state index in [0.717, 1.165) is 5.69 Å². The monoisotopic (exact) mass is 276 g/mol. The molecule has 2 aliphatic heterocycles. The van der Waals surface area contributed by atoms with Crippen LogP contribution in [0.1, 0.15) is 10.4 Å². The van der Waals surface area contributed by atoms with Crippen molar-refractivity contribution in [1.29, 1.82) is 0 Å². The fourth-order valence-corrected chi connectivity index (χ4v) is 2.76. The number of carbonyl (C=O) groups is 2. The molecule has 106 valence electrons. The van der Waals surface area contributed by atoms with Gasteiger partial charge in [0.15, 0.2) is 0 Å². The molecule has 0 radical (unpaired) electrons. The number of nitrogens with zero attached hydrogens (tertiary/aromatic N) is 2. The van der Waals surface area contributed by atoms with Crippen molar-refractivity contribution in [2.45, 2.75) is 6.04 Å². The molecule has 0 aromatic heterocycles. The highest BCUT2D eigenvalue weighted by Crippen LogP contribution is 2.25. The highest BCUT2D eigenvalue weighted by Gasteiger charge is 2.35. The fourth-order valence-electron chi connectivity index (χ4n) is 2.76. The Morgan fingerprint density at radius 3 is 2.95 bits per heavy atom. The Labute approximate surface area is 116 Å². The van der Waals surface area contributed by atoms with Gasteiger partial charge in [0.05, 0.1) is 11.6 Å². The predicted molar refractivity (Wildman–Crippen MR) is 73.9 cm³/mol. The van der Waals surface area contributed by atoms with Gasteiger partial charge in [-0.3, -0.25) is 0 Å². The van der Waals surface area contributed by atoms with Gasteiger partial charge in [-0.15, -0.1) is 0 Å². The number of amides is 2. The lowest BCUT2D eigenvalue weighted by Gasteiger charge is -2.37. The number of hydrogen-bond donors (Lipinski definition) is 3. The van der Waals surface area contributed by atoms with Crippen molar-refractivity contribution in [2.24, 2.45) is 0 Å². The minimum atomic E-state index is -1.03. The van der Waals surface area contributed by atoms with E-state index in [9.17, 15) is 9.59 Å². The average Bonchev–Trinajstić information content (AvgIpc) is 2.80. The molecule has 1 aromatic rings. The van der Waals surface area contributed by atoms with E-state index >= 15 is 0 Å². The molecule has 20 heavy (non-hydrogen) atoms. The molecular weight excluding hydrogens is 260 g/mol. The van der Waals surface area contributed by atoms with E-state index in [1.165, 1.54) is 0 Å². The number of aromatic carboxylic acids is 1. The molecule has 0 bridgehead atoms. The predicted octanol–water partition coefficient (Wildman–Crippen LogP) is 0.181. The first-order valence-corrected chi connectivity index (χ1v) is 6.48. The van der Waals surface area contributed by atoms with Crippen molar-refractivity contribution in [3.8, 4) is 0 Å². The van der Waals surface area contributed by atoms with Crippen LogP contribution in [-0.2, 0) is 0 Å². The van der Waals surface area contributed by atoms with Crippen LogP contribution in [0.4, 0.5) is 16.2 Å². The van der Waals surface area contributed by atoms with Crippen LogP contribution < -0.4 is 16.0 Å². The number of carboxylic acid groups (broad SMARTS) is 1. The zero-order chi connectivity index (χ0) is 14.3. The summed E-state index contributed by atoms with van der Waals surface area (Å²) in [5, 5.41) is 11.9. The van der Waals surface area contributed by atoms with Crippen LogP contribution in [0, 0.1) is 0 Å². The number of benzene rings is 1. The molecule has 1 aromatic carbocycles. The van der Waals surface area contributed by atoms with E-state index in [-0.39, 0.29) is 23.3 Å². The summed E-state index contributed by atoms with van der Waals surface area (Å²) in [5.74, 6) is -1.03. The van der Waals surface area contributed by atoms with Crippen molar-refractivity contribution in [1.82, 2.24) is 10.2 Å². The number of anilines is 2. The number of nitrogens with one attached hydrogen (secondary N) is 1. The summed E-state index contributed by atoms with van der Waals surface area (Å²) in [4.78, 5) is 26.6. The minimum absolute atomic E-state index is 0.0156. The first-order chi connectivity index (χ1) is 9.56. The zero-order valence-electron chi connectivity index (χ0n) is 10.9. The van der Waals surface area contributed by atoms with E-state index in [0.29, 0.717) is 26.2 Å². The third-order valence-electron chi connectivity index (χ3n) is 3.86. The Morgan fingerprint density at radius 2 is 2.20 bits per heavy atom. The highest BCUT2D eigenvalue weighted by atomic mass is 16.4. The summed E-state index contributed by atoms with van der Waals surface area (Å²) in [5.41, 5.74) is 6.87. The maximum absolute atomic E-state index is 11.5. The molecule has 2 heterocycles. The van der Waals surface area contributed by atoms with Crippen LogP contribution in [-0.4, -0.2) is 54.2 Å². The summed E-state index contributed by atoms with van der Waals surface area (Å²) in [6, 6.07) is 5.16. The van der Waals surface area contributed by atoms with Crippen LogP contribution in [0.25, 0.3) is 0 Å². The van der Waals surface area contributed by atoms with Crippen molar-refractivity contribution < 1.29 is 14.7 Å². The number of nitrogens with two attached hydrogens (primary N) is 1. The normalized spacial score (nSPS) is 21.6. The first-order valence-electron chi connectivity index (χ1n) is 6.48. The Bertz CT molecular complexity index is 575. The molecule has 2 fully saturated rings. The minimum Gasteiger partial charge on any atom is -0.478 e. The van der Waals surface area contributed by atoms with Crippen LogP contribution in [0.15, 0.2) is 18.2 Å². The lowest BCUT2D eigenvalue weighted by molar-refractivity contribution is 0.0698. The molecule has 1 unspecified atom stereocenters. The van der Waals surface area contributed by atoms with E-state index in [2.05, 4.69) is 10.2 Å². The van der Waals surface area contributed by atoms with Gasteiger partial charge >= 0.3 is 12.0 Å². The summed E-state index contributed by atoms with van der Waals surface area (Å²) >= 11 is 0. The second kappa shape index (κ2) is 4.59. The Balaban J connectivity index is 1.82. The molecule has 2 saturated heterocycles. The largest absolute Gasteiger partial charge is 0.478 e. The number of piperazine rings is 1. The molecule has 1 atom stereocenters. The van der Waals surface area contributed by atoms with Crippen molar-refractivity contribution in [2.75, 3.05) is 36.8 Å². The number of rotatable bonds is 2. The first kappa shape index (κ1) is 12.6. The molecule has 0 aliphatic carbocycles. The van der Waals surface area contributed by atoms with E-state index in [1.54, 1.807) is 12.1 Å².